The van der Waals surface area contributed by atoms with Gasteiger partial charge in [0.2, 0.25) is 5.91 Å². The molecule has 0 bridgehead atoms. The maximum Gasteiger partial charge on any atom is 0.328 e. The molecule has 0 aromatic heterocycles. The molecule has 0 aliphatic heterocycles. The first-order valence-electron chi connectivity index (χ1n) is 5.60. The number of esters is 1. The van der Waals surface area contributed by atoms with E-state index in [4.69, 9.17) is 5.26 Å². The molecule has 1 atom stereocenters. The Bertz CT molecular complexity index is 514. The van der Waals surface area contributed by atoms with Gasteiger partial charge in [-0.3, -0.25) is 4.79 Å². The number of rotatable bonds is 5. The predicted molar refractivity (Wildman–Crippen MR) is 69.0 cm³/mol. The van der Waals surface area contributed by atoms with Crippen LogP contribution in [0.3, 0.4) is 0 Å². The second-order valence-corrected chi connectivity index (χ2v) is 3.80. The molecule has 1 rings (SSSR count). The summed E-state index contributed by atoms with van der Waals surface area (Å²) in [6.45, 7) is 3.33. The van der Waals surface area contributed by atoms with Crippen LogP contribution in [0.5, 0.6) is 0 Å². The predicted octanol–water partition coefficient (Wildman–Crippen LogP) is 0.945. The summed E-state index contributed by atoms with van der Waals surface area (Å²) in [6.07, 6.45) is 1.38. The van der Waals surface area contributed by atoms with Crippen molar-refractivity contribution in [3.63, 3.8) is 0 Å². The third kappa shape index (κ3) is 4.28. The zero-order chi connectivity index (χ0) is 14.3. The maximum absolute atomic E-state index is 11.6. The minimum absolute atomic E-state index is 0.290. The summed E-state index contributed by atoms with van der Waals surface area (Å²) in [7, 11) is 1.26. The molecule has 98 valence electrons. The van der Waals surface area contributed by atoms with Crippen molar-refractivity contribution in [1.82, 2.24) is 5.32 Å². The fraction of sp³-hybridized carbons (Fsp3) is 0.214. The van der Waals surface area contributed by atoms with Crippen LogP contribution in [0, 0.1) is 11.3 Å². The molecule has 1 N–H and O–H groups in total. The number of methoxy groups -OCH3 is 1. The smallest absolute Gasteiger partial charge is 0.328 e. The van der Waals surface area contributed by atoms with E-state index in [2.05, 4.69) is 16.6 Å². The van der Waals surface area contributed by atoms with Gasteiger partial charge >= 0.3 is 5.97 Å². The van der Waals surface area contributed by atoms with Crippen molar-refractivity contribution in [2.24, 2.45) is 0 Å². The third-order valence-electron chi connectivity index (χ3n) is 2.51. The Morgan fingerprint density at radius 3 is 2.58 bits per heavy atom. The first kappa shape index (κ1) is 14.5. The fourth-order valence-corrected chi connectivity index (χ4v) is 1.52. The minimum Gasteiger partial charge on any atom is -0.467 e. The lowest BCUT2D eigenvalue weighted by Crippen LogP contribution is -2.42. The Kier molecular flexibility index (Phi) is 5.30. The largest absolute Gasteiger partial charge is 0.467 e. The van der Waals surface area contributed by atoms with Gasteiger partial charge < -0.3 is 10.1 Å². The van der Waals surface area contributed by atoms with Crippen LogP contribution in [0.15, 0.2) is 36.9 Å². The number of carbonyl (C=O) groups excluding carboxylic acids is 2. The normalized spacial score (nSPS) is 10.9. The van der Waals surface area contributed by atoms with Crippen LogP contribution >= 0.6 is 0 Å². The van der Waals surface area contributed by atoms with E-state index in [1.54, 1.807) is 24.3 Å². The fourth-order valence-electron chi connectivity index (χ4n) is 1.52. The van der Waals surface area contributed by atoms with E-state index in [9.17, 15) is 9.59 Å². The summed E-state index contributed by atoms with van der Waals surface area (Å²) < 4.78 is 4.63. The Morgan fingerprint density at radius 1 is 1.47 bits per heavy atom. The summed E-state index contributed by atoms with van der Waals surface area (Å²) in [5.41, 5.74) is 1.35. The molecule has 0 aliphatic carbocycles. The summed E-state index contributed by atoms with van der Waals surface area (Å²) in [5.74, 6) is -0.969. The van der Waals surface area contributed by atoms with Crippen LogP contribution in [0.2, 0.25) is 0 Å². The zero-order valence-electron chi connectivity index (χ0n) is 10.6. The van der Waals surface area contributed by atoms with Crippen LogP contribution in [0.25, 0.3) is 0 Å². The quantitative estimate of drug-likeness (QED) is 0.629. The van der Waals surface area contributed by atoms with Gasteiger partial charge in [0.15, 0.2) is 0 Å². The standard InChI is InChI=1S/C14H14N2O3/c1-3-13(17)16-12(14(18)19-2)8-10-4-6-11(9-15)7-5-10/h3-7,12H,1,8H2,2H3,(H,16,17)/t12-/m1/s1. The molecule has 0 aliphatic rings. The lowest BCUT2D eigenvalue weighted by Gasteiger charge is -2.15. The van der Waals surface area contributed by atoms with Crippen LogP contribution < -0.4 is 5.32 Å². The van der Waals surface area contributed by atoms with Gasteiger partial charge in [0, 0.05) is 6.42 Å². The number of benzene rings is 1. The van der Waals surface area contributed by atoms with Crippen molar-refractivity contribution < 1.29 is 14.3 Å². The van der Waals surface area contributed by atoms with Gasteiger partial charge in [0.1, 0.15) is 6.04 Å². The maximum atomic E-state index is 11.6. The van der Waals surface area contributed by atoms with E-state index in [-0.39, 0.29) is 6.42 Å². The van der Waals surface area contributed by atoms with Gasteiger partial charge in [-0.05, 0) is 23.8 Å². The molecule has 5 heteroatoms. The Balaban J connectivity index is 2.81. The number of hydrogen-bond acceptors (Lipinski definition) is 4. The lowest BCUT2D eigenvalue weighted by atomic mass is 10.0. The summed E-state index contributed by atoms with van der Waals surface area (Å²) >= 11 is 0. The Labute approximate surface area is 111 Å². The molecule has 1 aromatic rings. The molecule has 0 heterocycles. The summed E-state index contributed by atoms with van der Waals surface area (Å²) in [4.78, 5) is 22.8. The minimum atomic E-state index is -0.775. The van der Waals surface area contributed by atoms with E-state index >= 15 is 0 Å². The van der Waals surface area contributed by atoms with Crippen molar-refractivity contribution in [3.8, 4) is 6.07 Å². The highest BCUT2D eigenvalue weighted by atomic mass is 16.5. The average molecular weight is 258 g/mol. The van der Waals surface area contributed by atoms with Crippen molar-refractivity contribution in [2.75, 3.05) is 7.11 Å². The van der Waals surface area contributed by atoms with Gasteiger partial charge in [-0.25, -0.2) is 4.79 Å². The highest BCUT2D eigenvalue weighted by Crippen LogP contribution is 2.07. The zero-order valence-corrected chi connectivity index (χ0v) is 10.6. The van der Waals surface area contributed by atoms with Gasteiger partial charge in [0.25, 0.3) is 0 Å². The highest BCUT2D eigenvalue weighted by molar-refractivity contribution is 5.91. The van der Waals surface area contributed by atoms with E-state index < -0.39 is 17.9 Å². The Morgan fingerprint density at radius 2 is 2.11 bits per heavy atom. The van der Waals surface area contributed by atoms with Crippen molar-refractivity contribution in [3.05, 3.63) is 48.0 Å². The van der Waals surface area contributed by atoms with Crippen LogP contribution in [0.4, 0.5) is 0 Å². The second-order valence-electron chi connectivity index (χ2n) is 3.80. The monoisotopic (exact) mass is 258 g/mol. The van der Waals surface area contributed by atoms with Crippen molar-refractivity contribution in [1.29, 1.82) is 5.26 Å². The molecule has 0 saturated heterocycles. The number of carbonyl (C=O) groups is 2. The molecule has 0 spiro atoms. The Hall–Kier alpha value is -2.61. The molecule has 0 radical (unpaired) electrons. The second kappa shape index (κ2) is 6.97. The SMILES string of the molecule is C=CC(=O)N[C@H](Cc1ccc(C#N)cc1)C(=O)OC. The van der Waals surface area contributed by atoms with Crippen LogP contribution in [0.1, 0.15) is 11.1 Å². The van der Waals surface area contributed by atoms with E-state index in [1.165, 1.54) is 7.11 Å². The van der Waals surface area contributed by atoms with E-state index in [1.807, 2.05) is 6.07 Å². The van der Waals surface area contributed by atoms with E-state index in [0.29, 0.717) is 5.56 Å². The van der Waals surface area contributed by atoms with Gasteiger partial charge in [-0.15, -0.1) is 0 Å². The number of hydrogen-bond donors (Lipinski definition) is 1. The summed E-state index contributed by atoms with van der Waals surface area (Å²) in [6, 6.07) is 8.00. The molecular formula is C14H14N2O3. The molecule has 0 unspecified atom stereocenters. The average Bonchev–Trinajstić information content (AvgIpc) is 2.46. The number of ether oxygens (including phenoxy) is 1. The molecule has 0 saturated carbocycles. The lowest BCUT2D eigenvalue weighted by molar-refractivity contribution is -0.144. The van der Waals surface area contributed by atoms with Gasteiger partial charge in [-0.2, -0.15) is 5.26 Å². The highest BCUT2D eigenvalue weighted by Gasteiger charge is 2.20. The van der Waals surface area contributed by atoms with Crippen molar-refractivity contribution in [2.45, 2.75) is 12.5 Å². The first-order chi connectivity index (χ1) is 9.10. The number of nitrogens with zero attached hydrogens (tertiary/aromatic N) is 1. The first-order valence-corrected chi connectivity index (χ1v) is 5.60. The van der Waals surface area contributed by atoms with E-state index in [0.717, 1.165) is 11.6 Å². The molecule has 1 amide bonds. The number of amides is 1. The molecule has 19 heavy (non-hydrogen) atoms. The third-order valence-corrected chi connectivity index (χ3v) is 2.51. The summed E-state index contributed by atoms with van der Waals surface area (Å²) in [5, 5.41) is 11.2. The molecule has 1 aromatic carbocycles. The van der Waals surface area contributed by atoms with Crippen LogP contribution in [-0.4, -0.2) is 25.0 Å². The van der Waals surface area contributed by atoms with Crippen LogP contribution in [-0.2, 0) is 20.7 Å². The van der Waals surface area contributed by atoms with Crippen molar-refractivity contribution >= 4 is 11.9 Å². The number of nitrogens with one attached hydrogen (secondary N) is 1. The molecule has 0 fully saturated rings. The van der Waals surface area contributed by atoms with Gasteiger partial charge in [0.05, 0.1) is 18.7 Å². The van der Waals surface area contributed by atoms with Gasteiger partial charge in [-0.1, -0.05) is 18.7 Å². The molecule has 5 nitrogen and oxygen atoms in total. The molecular weight excluding hydrogens is 244 g/mol. The number of nitriles is 1. The topological polar surface area (TPSA) is 79.2 Å².